The maximum Gasteiger partial charge on any atom is 0.207 e. The molecule has 122 valence electrons. The third-order valence-corrected chi connectivity index (χ3v) is 4.49. The van der Waals surface area contributed by atoms with E-state index < -0.39 is 6.35 Å². The second kappa shape index (κ2) is 5.28. The molecule has 24 heavy (non-hydrogen) atoms. The number of aromatic nitrogens is 2. The van der Waals surface area contributed by atoms with Crippen LogP contribution in [0.15, 0.2) is 48.5 Å². The molecule has 0 radical (unpaired) electrons. The average molecular weight is 321 g/mol. The van der Waals surface area contributed by atoms with E-state index in [0.29, 0.717) is 5.95 Å². The van der Waals surface area contributed by atoms with E-state index in [0.717, 1.165) is 33.9 Å². The zero-order valence-corrected chi connectivity index (χ0v) is 13.6. The quantitative estimate of drug-likeness (QED) is 0.675. The molecule has 2 heterocycles. The minimum Gasteiger partial charge on any atom is -0.369 e. The van der Waals surface area contributed by atoms with E-state index in [2.05, 4.69) is 9.97 Å². The van der Waals surface area contributed by atoms with Gasteiger partial charge in [0.25, 0.3) is 0 Å². The minimum atomic E-state index is -0.659. The highest BCUT2D eigenvalue weighted by atomic mass is 16.3. The number of fused-ring (bicyclic) bond motifs is 1. The second-order valence-corrected chi connectivity index (χ2v) is 5.98. The Hall–Kier alpha value is -2.99. The molecule has 6 heteroatoms. The number of nitrogens with one attached hydrogen (secondary N) is 1. The summed E-state index contributed by atoms with van der Waals surface area (Å²) in [5.41, 5.74) is 11.5. The first-order valence-electron chi connectivity index (χ1n) is 7.75. The van der Waals surface area contributed by atoms with Crippen LogP contribution in [0.2, 0.25) is 0 Å². The Labute approximate surface area is 140 Å². The third-order valence-electron chi connectivity index (χ3n) is 4.49. The first kappa shape index (κ1) is 14.6. The molecular formula is C18H19N5O. The summed E-state index contributed by atoms with van der Waals surface area (Å²) in [7, 11) is 3.74. The number of imidazole rings is 1. The van der Waals surface area contributed by atoms with Crippen molar-refractivity contribution < 1.29 is 5.11 Å². The smallest absolute Gasteiger partial charge is 0.207 e. The Morgan fingerprint density at radius 3 is 2.46 bits per heavy atom. The highest BCUT2D eigenvalue weighted by molar-refractivity contribution is 5.86. The number of nitrogen functional groups attached to an aromatic ring is 1. The van der Waals surface area contributed by atoms with Crippen molar-refractivity contribution in [3.8, 4) is 22.5 Å². The molecule has 0 bridgehead atoms. The predicted molar refractivity (Wildman–Crippen MR) is 96.7 cm³/mol. The standard InChI is InChI=1S/C18H19N5O/c1-22-13-9-8-12(10-14(13)23(2)18(22)24)16-15(20-17(19)21-16)11-6-4-3-5-7-11/h3-10,18,24H,1-2H3,(H3,19,20,21). The molecule has 1 aromatic heterocycles. The van der Waals surface area contributed by atoms with Crippen LogP contribution in [0.25, 0.3) is 22.5 Å². The number of rotatable bonds is 2. The molecule has 2 aromatic carbocycles. The van der Waals surface area contributed by atoms with E-state index in [1.165, 1.54) is 0 Å². The van der Waals surface area contributed by atoms with Gasteiger partial charge in [0.05, 0.1) is 22.8 Å². The van der Waals surface area contributed by atoms with Crippen LogP contribution in [0.4, 0.5) is 17.3 Å². The molecule has 1 aliphatic heterocycles. The topological polar surface area (TPSA) is 81.4 Å². The molecule has 6 nitrogen and oxygen atoms in total. The molecule has 0 aliphatic carbocycles. The van der Waals surface area contributed by atoms with E-state index in [9.17, 15) is 5.11 Å². The number of aliphatic hydroxyl groups excluding tert-OH is 1. The van der Waals surface area contributed by atoms with Crippen molar-refractivity contribution in [2.24, 2.45) is 0 Å². The molecule has 4 rings (SSSR count). The summed E-state index contributed by atoms with van der Waals surface area (Å²) < 4.78 is 0. The first-order chi connectivity index (χ1) is 11.6. The lowest BCUT2D eigenvalue weighted by molar-refractivity contribution is 0.183. The van der Waals surface area contributed by atoms with Crippen molar-refractivity contribution in [2.45, 2.75) is 6.35 Å². The fraction of sp³-hybridized carbons (Fsp3) is 0.167. The number of nitrogens with two attached hydrogens (primary N) is 1. The van der Waals surface area contributed by atoms with Gasteiger partial charge < -0.3 is 25.6 Å². The molecule has 0 saturated carbocycles. The molecule has 0 fully saturated rings. The van der Waals surface area contributed by atoms with E-state index in [1.54, 1.807) is 0 Å². The average Bonchev–Trinajstić information content (AvgIpc) is 3.10. The Balaban J connectivity index is 1.85. The maximum absolute atomic E-state index is 10.2. The molecule has 0 spiro atoms. The second-order valence-electron chi connectivity index (χ2n) is 5.98. The van der Waals surface area contributed by atoms with Gasteiger partial charge >= 0.3 is 0 Å². The van der Waals surface area contributed by atoms with Gasteiger partial charge in [0.15, 0.2) is 5.95 Å². The van der Waals surface area contributed by atoms with E-state index in [1.807, 2.05) is 72.4 Å². The molecule has 1 atom stereocenters. The highest BCUT2D eigenvalue weighted by Crippen LogP contribution is 2.41. The predicted octanol–water partition coefficient (Wildman–Crippen LogP) is 2.49. The molecule has 4 N–H and O–H groups in total. The van der Waals surface area contributed by atoms with E-state index in [-0.39, 0.29) is 0 Å². The zero-order valence-electron chi connectivity index (χ0n) is 13.6. The highest BCUT2D eigenvalue weighted by Gasteiger charge is 2.29. The van der Waals surface area contributed by atoms with Gasteiger partial charge in [0.1, 0.15) is 0 Å². The van der Waals surface area contributed by atoms with Gasteiger partial charge in [0.2, 0.25) is 6.35 Å². The van der Waals surface area contributed by atoms with Crippen LogP contribution in [-0.2, 0) is 0 Å². The molecule has 1 unspecified atom stereocenters. The van der Waals surface area contributed by atoms with Crippen LogP contribution in [0.3, 0.4) is 0 Å². The number of hydrogen-bond donors (Lipinski definition) is 3. The number of benzene rings is 2. The first-order valence-corrected chi connectivity index (χ1v) is 7.75. The third kappa shape index (κ3) is 2.11. The van der Waals surface area contributed by atoms with Crippen molar-refractivity contribution in [3.05, 3.63) is 48.5 Å². The van der Waals surface area contributed by atoms with Gasteiger partial charge in [-0.3, -0.25) is 0 Å². The van der Waals surface area contributed by atoms with Gasteiger partial charge in [0, 0.05) is 25.2 Å². The Bertz CT molecular complexity index is 890. The van der Waals surface area contributed by atoms with Gasteiger partial charge in [-0.25, -0.2) is 4.98 Å². The number of H-pyrrole nitrogens is 1. The van der Waals surface area contributed by atoms with Gasteiger partial charge in [-0.2, -0.15) is 0 Å². The summed E-state index contributed by atoms with van der Waals surface area (Å²) in [6, 6.07) is 16.0. The molecule has 3 aromatic rings. The summed E-state index contributed by atoms with van der Waals surface area (Å²) >= 11 is 0. The van der Waals surface area contributed by atoms with Crippen LogP contribution in [0.1, 0.15) is 0 Å². The summed E-state index contributed by atoms with van der Waals surface area (Å²) in [6.45, 7) is 0. The van der Waals surface area contributed by atoms with Crippen molar-refractivity contribution in [1.82, 2.24) is 9.97 Å². The normalized spacial score (nSPS) is 16.5. The van der Waals surface area contributed by atoms with Crippen LogP contribution in [0, 0.1) is 0 Å². The van der Waals surface area contributed by atoms with Crippen molar-refractivity contribution in [1.29, 1.82) is 0 Å². The Kier molecular flexibility index (Phi) is 3.21. The van der Waals surface area contributed by atoms with Crippen molar-refractivity contribution in [2.75, 3.05) is 29.6 Å². The molecular weight excluding hydrogens is 302 g/mol. The van der Waals surface area contributed by atoms with Crippen LogP contribution < -0.4 is 15.5 Å². The SMILES string of the molecule is CN1c2ccc(-c3nc(N)[nH]c3-c3ccccc3)cc2N(C)C1O. The molecule has 0 saturated heterocycles. The summed E-state index contributed by atoms with van der Waals surface area (Å²) in [5.74, 6) is 0.384. The summed E-state index contributed by atoms with van der Waals surface area (Å²) in [5, 5.41) is 10.2. The summed E-state index contributed by atoms with van der Waals surface area (Å²) in [6.07, 6.45) is -0.659. The minimum absolute atomic E-state index is 0.384. The van der Waals surface area contributed by atoms with E-state index >= 15 is 0 Å². The van der Waals surface area contributed by atoms with Gasteiger partial charge in [-0.1, -0.05) is 36.4 Å². The van der Waals surface area contributed by atoms with Gasteiger partial charge in [-0.15, -0.1) is 0 Å². The van der Waals surface area contributed by atoms with E-state index in [4.69, 9.17) is 5.73 Å². The number of hydrogen-bond acceptors (Lipinski definition) is 5. The maximum atomic E-state index is 10.2. The van der Waals surface area contributed by atoms with Crippen LogP contribution in [0.5, 0.6) is 0 Å². The summed E-state index contributed by atoms with van der Waals surface area (Å²) in [4.78, 5) is 11.3. The fourth-order valence-corrected chi connectivity index (χ4v) is 3.17. The molecule has 1 aliphatic rings. The fourth-order valence-electron chi connectivity index (χ4n) is 3.17. The van der Waals surface area contributed by atoms with Crippen molar-refractivity contribution in [3.63, 3.8) is 0 Å². The monoisotopic (exact) mass is 321 g/mol. The number of nitrogens with zero attached hydrogens (tertiary/aromatic N) is 3. The van der Waals surface area contributed by atoms with Crippen molar-refractivity contribution >= 4 is 17.3 Å². The van der Waals surface area contributed by atoms with Crippen LogP contribution >= 0.6 is 0 Å². The number of anilines is 3. The zero-order chi connectivity index (χ0) is 16.8. The number of aromatic amines is 1. The lowest BCUT2D eigenvalue weighted by Crippen LogP contribution is -2.38. The Morgan fingerprint density at radius 2 is 1.71 bits per heavy atom. The lowest BCUT2D eigenvalue weighted by Gasteiger charge is -2.21. The van der Waals surface area contributed by atoms with Gasteiger partial charge in [-0.05, 0) is 12.1 Å². The largest absolute Gasteiger partial charge is 0.369 e. The lowest BCUT2D eigenvalue weighted by atomic mass is 10.0. The molecule has 0 amide bonds. The number of aliphatic hydroxyl groups is 1. The Morgan fingerprint density at radius 1 is 1.00 bits per heavy atom. The van der Waals surface area contributed by atoms with Crippen LogP contribution in [-0.4, -0.2) is 35.5 Å².